The van der Waals surface area contributed by atoms with E-state index in [1.165, 1.54) is 32.4 Å². The van der Waals surface area contributed by atoms with E-state index in [0.717, 1.165) is 0 Å². The Morgan fingerprint density at radius 3 is 2.62 bits per heavy atom. The summed E-state index contributed by atoms with van der Waals surface area (Å²) in [7, 11) is 2.90. The van der Waals surface area contributed by atoms with E-state index in [2.05, 4.69) is 21.2 Å². The van der Waals surface area contributed by atoms with Crippen molar-refractivity contribution in [1.82, 2.24) is 0 Å². The van der Waals surface area contributed by atoms with Gasteiger partial charge in [0.2, 0.25) is 0 Å². The lowest BCUT2D eigenvalue weighted by Crippen LogP contribution is -2.15. The molecule has 0 saturated carbocycles. The summed E-state index contributed by atoms with van der Waals surface area (Å²) < 4.78 is 24.6. The third kappa shape index (κ3) is 3.33. The van der Waals surface area contributed by atoms with Crippen molar-refractivity contribution in [3.05, 3.63) is 52.3 Å². The summed E-state index contributed by atoms with van der Waals surface area (Å²) in [5.74, 6) is -0.495. The van der Waals surface area contributed by atoms with Gasteiger partial charge in [0.25, 0.3) is 5.91 Å². The Kier molecular flexibility index (Phi) is 4.80. The molecular formula is C15H13BrFNO3. The van der Waals surface area contributed by atoms with Crippen molar-refractivity contribution in [2.45, 2.75) is 0 Å². The average molecular weight is 354 g/mol. The largest absolute Gasteiger partial charge is 0.497 e. The van der Waals surface area contributed by atoms with E-state index in [4.69, 9.17) is 9.47 Å². The molecule has 4 nitrogen and oxygen atoms in total. The molecule has 0 aliphatic carbocycles. The zero-order valence-corrected chi connectivity index (χ0v) is 13.0. The lowest BCUT2D eigenvalue weighted by Gasteiger charge is -2.12. The maximum absolute atomic E-state index is 13.9. The molecule has 0 unspecified atom stereocenters. The maximum atomic E-state index is 13.9. The minimum atomic E-state index is -0.647. The number of ether oxygens (including phenoxy) is 2. The van der Waals surface area contributed by atoms with Gasteiger partial charge in [-0.25, -0.2) is 4.39 Å². The van der Waals surface area contributed by atoms with Gasteiger partial charge in [-0.1, -0.05) is 6.07 Å². The molecule has 0 spiro atoms. The van der Waals surface area contributed by atoms with Crippen LogP contribution in [0.15, 0.2) is 40.9 Å². The number of carbonyl (C=O) groups excluding carboxylic acids is 1. The van der Waals surface area contributed by atoms with E-state index in [-0.39, 0.29) is 11.3 Å². The van der Waals surface area contributed by atoms with Gasteiger partial charge < -0.3 is 14.8 Å². The van der Waals surface area contributed by atoms with Gasteiger partial charge in [0.1, 0.15) is 22.9 Å². The normalized spacial score (nSPS) is 10.1. The molecule has 2 rings (SSSR count). The lowest BCUT2D eigenvalue weighted by atomic mass is 10.1. The van der Waals surface area contributed by atoms with Gasteiger partial charge in [0.15, 0.2) is 0 Å². The fourth-order valence-corrected chi connectivity index (χ4v) is 2.15. The third-order valence-electron chi connectivity index (χ3n) is 2.84. The third-order valence-corrected chi connectivity index (χ3v) is 3.54. The van der Waals surface area contributed by atoms with Crippen LogP contribution in [0.1, 0.15) is 10.4 Å². The molecule has 1 amide bonds. The van der Waals surface area contributed by atoms with Gasteiger partial charge in [0.05, 0.1) is 19.9 Å². The zero-order chi connectivity index (χ0) is 15.4. The summed E-state index contributed by atoms with van der Waals surface area (Å²) in [5.41, 5.74) is 0.333. The van der Waals surface area contributed by atoms with Crippen LogP contribution in [-0.2, 0) is 0 Å². The number of halogens is 2. The van der Waals surface area contributed by atoms with Crippen molar-refractivity contribution in [3.8, 4) is 11.5 Å². The molecule has 2 aromatic rings. The van der Waals surface area contributed by atoms with Crippen LogP contribution in [0.4, 0.5) is 10.1 Å². The van der Waals surface area contributed by atoms with Gasteiger partial charge in [-0.3, -0.25) is 4.79 Å². The average Bonchev–Trinajstić information content (AvgIpc) is 2.48. The first-order chi connectivity index (χ1) is 10.1. The molecule has 110 valence electrons. The van der Waals surface area contributed by atoms with Crippen LogP contribution < -0.4 is 14.8 Å². The van der Waals surface area contributed by atoms with E-state index in [0.29, 0.717) is 15.9 Å². The highest BCUT2D eigenvalue weighted by Crippen LogP contribution is 2.29. The quantitative estimate of drug-likeness (QED) is 0.907. The minimum absolute atomic E-state index is 0.144. The molecular weight excluding hydrogens is 341 g/mol. The number of amides is 1. The number of rotatable bonds is 4. The molecule has 1 N–H and O–H groups in total. The summed E-state index contributed by atoms with van der Waals surface area (Å²) in [6.45, 7) is 0. The number of carbonyl (C=O) groups is 1. The molecule has 6 heteroatoms. The highest BCUT2D eigenvalue weighted by atomic mass is 79.9. The monoisotopic (exact) mass is 353 g/mol. The van der Waals surface area contributed by atoms with E-state index in [1.807, 2.05) is 0 Å². The fourth-order valence-electron chi connectivity index (χ4n) is 1.81. The summed E-state index contributed by atoms with van der Waals surface area (Å²) in [4.78, 5) is 12.3. The van der Waals surface area contributed by atoms with Gasteiger partial charge >= 0.3 is 0 Å². The van der Waals surface area contributed by atoms with Crippen molar-refractivity contribution in [1.29, 1.82) is 0 Å². The predicted octanol–water partition coefficient (Wildman–Crippen LogP) is 3.86. The first-order valence-corrected chi connectivity index (χ1v) is 6.83. The molecule has 0 atom stereocenters. The molecule has 0 aliphatic heterocycles. The van der Waals surface area contributed by atoms with Gasteiger partial charge in [0, 0.05) is 10.5 Å². The molecule has 21 heavy (non-hydrogen) atoms. The van der Waals surface area contributed by atoms with Crippen LogP contribution in [0.25, 0.3) is 0 Å². The highest BCUT2D eigenvalue weighted by molar-refractivity contribution is 9.10. The number of benzene rings is 2. The lowest BCUT2D eigenvalue weighted by molar-refractivity contribution is 0.102. The molecule has 0 heterocycles. The van der Waals surface area contributed by atoms with Crippen molar-refractivity contribution in [3.63, 3.8) is 0 Å². The Labute approximate surface area is 130 Å². The Morgan fingerprint density at radius 2 is 1.95 bits per heavy atom. The molecule has 0 aliphatic rings. The van der Waals surface area contributed by atoms with Crippen LogP contribution in [0, 0.1) is 5.82 Å². The Balaban J connectivity index is 2.35. The maximum Gasteiger partial charge on any atom is 0.262 e. The molecule has 0 bridgehead atoms. The molecule has 0 aromatic heterocycles. The summed E-state index contributed by atoms with van der Waals surface area (Å²) in [6.07, 6.45) is 0. The second-order valence-corrected chi connectivity index (χ2v) is 4.97. The number of nitrogens with one attached hydrogen (secondary N) is 1. The van der Waals surface area contributed by atoms with E-state index >= 15 is 0 Å². The van der Waals surface area contributed by atoms with Crippen LogP contribution >= 0.6 is 15.9 Å². The zero-order valence-electron chi connectivity index (χ0n) is 11.4. The van der Waals surface area contributed by atoms with Gasteiger partial charge in [-0.15, -0.1) is 0 Å². The number of anilines is 1. The number of methoxy groups -OCH3 is 2. The topological polar surface area (TPSA) is 47.6 Å². The summed E-state index contributed by atoms with van der Waals surface area (Å²) >= 11 is 3.32. The molecule has 0 radical (unpaired) electrons. The summed E-state index contributed by atoms with van der Waals surface area (Å²) in [5, 5.41) is 2.63. The van der Waals surface area contributed by atoms with Crippen LogP contribution in [0.3, 0.4) is 0 Å². The highest BCUT2D eigenvalue weighted by Gasteiger charge is 2.18. The second-order valence-electron chi connectivity index (χ2n) is 4.12. The summed E-state index contributed by atoms with van der Waals surface area (Å²) in [6, 6.07) is 9.31. The second kappa shape index (κ2) is 6.58. The van der Waals surface area contributed by atoms with E-state index < -0.39 is 11.7 Å². The van der Waals surface area contributed by atoms with Crippen molar-refractivity contribution >= 4 is 27.5 Å². The molecule has 2 aromatic carbocycles. The first-order valence-electron chi connectivity index (χ1n) is 6.04. The first kappa shape index (κ1) is 15.3. The standard InChI is InChI=1S/C15H13BrFNO3/c1-20-9-6-7-10(16)12(8-9)18-15(19)14-11(17)4-3-5-13(14)21-2/h3-8H,1-2H3,(H,18,19). The Hall–Kier alpha value is -2.08. The number of hydrogen-bond acceptors (Lipinski definition) is 3. The van der Waals surface area contributed by atoms with E-state index in [9.17, 15) is 9.18 Å². The smallest absolute Gasteiger partial charge is 0.262 e. The van der Waals surface area contributed by atoms with Crippen LogP contribution in [0.5, 0.6) is 11.5 Å². The number of hydrogen-bond donors (Lipinski definition) is 1. The van der Waals surface area contributed by atoms with Crippen molar-refractivity contribution in [2.75, 3.05) is 19.5 Å². The fraction of sp³-hybridized carbons (Fsp3) is 0.133. The van der Waals surface area contributed by atoms with E-state index in [1.54, 1.807) is 18.2 Å². The minimum Gasteiger partial charge on any atom is -0.497 e. The van der Waals surface area contributed by atoms with Crippen LogP contribution in [-0.4, -0.2) is 20.1 Å². The predicted molar refractivity (Wildman–Crippen MR) is 81.6 cm³/mol. The van der Waals surface area contributed by atoms with Gasteiger partial charge in [-0.2, -0.15) is 0 Å². The molecule has 0 saturated heterocycles. The van der Waals surface area contributed by atoms with Crippen molar-refractivity contribution in [2.24, 2.45) is 0 Å². The Bertz CT molecular complexity index is 676. The van der Waals surface area contributed by atoms with Crippen molar-refractivity contribution < 1.29 is 18.7 Å². The van der Waals surface area contributed by atoms with Crippen LogP contribution in [0.2, 0.25) is 0 Å². The molecule has 0 fully saturated rings. The Morgan fingerprint density at radius 1 is 1.19 bits per heavy atom. The van der Waals surface area contributed by atoms with Gasteiger partial charge in [-0.05, 0) is 40.2 Å². The SMILES string of the molecule is COc1ccc(Br)c(NC(=O)c2c(F)cccc2OC)c1.